The Morgan fingerprint density at radius 1 is 1.17 bits per heavy atom. The van der Waals surface area contributed by atoms with Crippen molar-refractivity contribution < 1.29 is 14.4 Å². The summed E-state index contributed by atoms with van der Waals surface area (Å²) in [5.41, 5.74) is 1.55. The van der Waals surface area contributed by atoms with Crippen LogP contribution in [0.25, 0.3) is 6.08 Å². The highest BCUT2D eigenvalue weighted by molar-refractivity contribution is 8.18. The molecule has 2 aromatic rings. The Balaban J connectivity index is 1.78. The van der Waals surface area contributed by atoms with Crippen LogP contribution in [-0.2, 0) is 4.79 Å². The summed E-state index contributed by atoms with van der Waals surface area (Å²) in [4.78, 5) is 39.0. The lowest BCUT2D eigenvalue weighted by Crippen LogP contribution is -2.33. The molecule has 0 N–H and O–H groups in total. The molecule has 0 aliphatic carbocycles. The second-order valence-electron chi connectivity index (χ2n) is 5.02. The van der Waals surface area contributed by atoms with Gasteiger partial charge in [0.1, 0.15) is 0 Å². The normalized spacial score (nSPS) is 16.4. The molecular formula is C17H13NO3S2. The minimum Gasteiger partial charge on any atom is -0.292 e. The van der Waals surface area contributed by atoms with Gasteiger partial charge in [-0.3, -0.25) is 19.3 Å². The highest BCUT2D eigenvalue weighted by Gasteiger charge is 2.36. The zero-order chi connectivity index (χ0) is 16.4. The van der Waals surface area contributed by atoms with Gasteiger partial charge in [-0.1, -0.05) is 30.3 Å². The fourth-order valence-corrected chi connectivity index (χ4v) is 3.90. The van der Waals surface area contributed by atoms with Gasteiger partial charge in [-0.2, -0.15) is 0 Å². The van der Waals surface area contributed by atoms with Crippen molar-refractivity contribution in [2.45, 2.75) is 6.92 Å². The number of hydrogen-bond acceptors (Lipinski definition) is 5. The molecule has 1 aliphatic heterocycles. The Kier molecular flexibility index (Phi) is 4.45. The van der Waals surface area contributed by atoms with E-state index in [4.69, 9.17) is 0 Å². The van der Waals surface area contributed by atoms with Crippen molar-refractivity contribution in [2.24, 2.45) is 0 Å². The molecule has 1 fully saturated rings. The van der Waals surface area contributed by atoms with E-state index in [1.807, 2.05) is 24.4 Å². The van der Waals surface area contributed by atoms with Gasteiger partial charge < -0.3 is 0 Å². The van der Waals surface area contributed by atoms with Gasteiger partial charge in [0.2, 0.25) is 0 Å². The highest BCUT2D eigenvalue weighted by atomic mass is 32.2. The summed E-state index contributed by atoms with van der Waals surface area (Å²) in [6, 6.07) is 10.6. The average Bonchev–Trinajstić information content (AvgIpc) is 3.07. The van der Waals surface area contributed by atoms with Crippen molar-refractivity contribution in [2.75, 3.05) is 6.54 Å². The van der Waals surface area contributed by atoms with Crippen LogP contribution in [0.15, 0.2) is 46.7 Å². The van der Waals surface area contributed by atoms with Crippen LogP contribution in [0, 0.1) is 6.92 Å². The quantitative estimate of drug-likeness (QED) is 0.622. The van der Waals surface area contributed by atoms with Crippen molar-refractivity contribution in [1.82, 2.24) is 4.90 Å². The summed E-state index contributed by atoms with van der Waals surface area (Å²) < 4.78 is 0. The van der Waals surface area contributed by atoms with Crippen LogP contribution in [0.1, 0.15) is 20.8 Å². The number of aryl methyl sites for hydroxylation is 1. The lowest BCUT2D eigenvalue weighted by atomic mass is 10.1. The molecule has 23 heavy (non-hydrogen) atoms. The number of imide groups is 1. The third-order valence-electron chi connectivity index (χ3n) is 3.43. The number of ketones is 1. The summed E-state index contributed by atoms with van der Waals surface area (Å²) in [6.07, 6.45) is 1.72. The van der Waals surface area contributed by atoms with E-state index in [0.29, 0.717) is 10.5 Å². The number of benzene rings is 1. The Morgan fingerprint density at radius 3 is 2.57 bits per heavy atom. The molecule has 3 rings (SSSR count). The van der Waals surface area contributed by atoms with Gasteiger partial charge in [0.25, 0.3) is 11.1 Å². The molecule has 1 aromatic carbocycles. The largest absolute Gasteiger partial charge is 0.293 e. The predicted molar refractivity (Wildman–Crippen MR) is 92.5 cm³/mol. The Hall–Kier alpha value is -2.18. The van der Waals surface area contributed by atoms with E-state index in [9.17, 15) is 14.4 Å². The Bertz CT molecular complexity index is 808. The molecule has 1 aliphatic rings. The predicted octanol–water partition coefficient (Wildman–Crippen LogP) is 3.98. The summed E-state index contributed by atoms with van der Waals surface area (Å²) in [7, 11) is 0. The van der Waals surface area contributed by atoms with E-state index in [0.717, 1.165) is 27.1 Å². The molecule has 0 bridgehead atoms. The molecule has 2 amide bonds. The Morgan fingerprint density at radius 2 is 1.91 bits per heavy atom. The van der Waals surface area contributed by atoms with Crippen molar-refractivity contribution in [3.05, 3.63) is 62.7 Å². The molecule has 0 spiro atoms. The molecule has 0 radical (unpaired) electrons. The van der Waals surface area contributed by atoms with Crippen molar-refractivity contribution in [1.29, 1.82) is 0 Å². The van der Waals surface area contributed by atoms with Crippen LogP contribution < -0.4 is 0 Å². The van der Waals surface area contributed by atoms with Gasteiger partial charge in [-0.15, -0.1) is 11.3 Å². The Labute approximate surface area is 141 Å². The third kappa shape index (κ3) is 3.28. The van der Waals surface area contributed by atoms with Crippen molar-refractivity contribution >= 4 is 46.1 Å². The first-order valence-electron chi connectivity index (χ1n) is 6.94. The molecule has 116 valence electrons. The first kappa shape index (κ1) is 15.7. The summed E-state index contributed by atoms with van der Waals surface area (Å²) >= 11 is 2.39. The molecule has 0 saturated carbocycles. The lowest BCUT2D eigenvalue weighted by Gasteiger charge is -2.11. The van der Waals surface area contributed by atoms with Crippen LogP contribution in [0.2, 0.25) is 0 Å². The van der Waals surface area contributed by atoms with Gasteiger partial charge in [-0.25, -0.2) is 0 Å². The van der Waals surface area contributed by atoms with Crippen LogP contribution in [0.4, 0.5) is 4.79 Å². The minimum atomic E-state index is -0.405. The van der Waals surface area contributed by atoms with E-state index < -0.39 is 11.1 Å². The first-order valence-corrected chi connectivity index (χ1v) is 8.63. The second kappa shape index (κ2) is 6.52. The maximum Gasteiger partial charge on any atom is 0.293 e. The number of thioether (sulfide) groups is 1. The van der Waals surface area contributed by atoms with E-state index in [1.54, 1.807) is 30.3 Å². The lowest BCUT2D eigenvalue weighted by molar-refractivity contribution is -0.122. The first-order chi connectivity index (χ1) is 11.1. The number of hydrogen-bond donors (Lipinski definition) is 0. The smallest absolute Gasteiger partial charge is 0.292 e. The maximum absolute atomic E-state index is 12.4. The summed E-state index contributed by atoms with van der Waals surface area (Å²) in [5, 5.41) is 1.53. The van der Waals surface area contributed by atoms with Crippen LogP contribution in [0.3, 0.4) is 0 Å². The topological polar surface area (TPSA) is 54.5 Å². The maximum atomic E-state index is 12.4. The highest BCUT2D eigenvalue weighted by Crippen LogP contribution is 2.33. The van der Waals surface area contributed by atoms with E-state index in [2.05, 4.69) is 0 Å². The van der Waals surface area contributed by atoms with Gasteiger partial charge in [0, 0.05) is 10.4 Å². The molecule has 2 heterocycles. The molecule has 0 unspecified atom stereocenters. The molecule has 1 aromatic heterocycles. The third-order valence-corrected chi connectivity index (χ3v) is 5.31. The second-order valence-corrected chi connectivity index (χ2v) is 6.97. The van der Waals surface area contributed by atoms with Crippen LogP contribution in [0.5, 0.6) is 0 Å². The molecule has 6 heteroatoms. The molecule has 1 saturated heterocycles. The van der Waals surface area contributed by atoms with E-state index >= 15 is 0 Å². The number of thiophene rings is 1. The van der Waals surface area contributed by atoms with Crippen molar-refractivity contribution in [3.63, 3.8) is 0 Å². The zero-order valence-electron chi connectivity index (χ0n) is 12.3. The van der Waals surface area contributed by atoms with E-state index in [-0.39, 0.29) is 12.3 Å². The zero-order valence-corrected chi connectivity index (χ0v) is 13.9. The van der Waals surface area contributed by atoms with Gasteiger partial charge in [0.15, 0.2) is 5.78 Å². The number of nitrogens with zero attached hydrogens (tertiary/aromatic N) is 1. The number of Topliss-reactive ketones (excluding diaryl/α,β-unsaturated/α-hetero) is 1. The average molecular weight is 343 g/mol. The molecule has 0 atom stereocenters. The summed E-state index contributed by atoms with van der Waals surface area (Å²) in [5.74, 6) is -0.654. The SMILES string of the molecule is Cc1ccsc1/C=C1/SC(=O)N(CC(=O)c2ccccc2)C1=O. The number of amides is 2. The van der Waals surface area contributed by atoms with Crippen molar-refractivity contribution in [3.8, 4) is 0 Å². The number of carbonyl (C=O) groups is 3. The standard InChI is InChI=1S/C17H13NO3S2/c1-11-7-8-22-14(11)9-15-16(20)18(17(21)23-15)10-13(19)12-5-3-2-4-6-12/h2-9H,10H2,1H3/b15-9+. The molecule has 4 nitrogen and oxygen atoms in total. The fraction of sp³-hybridized carbons (Fsp3) is 0.118. The minimum absolute atomic E-state index is 0.227. The summed E-state index contributed by atoms with van der Waals surface area (Å²) in [6.45, 7) is 1.72. The van der Waals surface area contributed by atoms with Crippen LogP contribution in [-0.4, -0.2) is 28.4 Å². The monoisotopic (exact) mass is 343 g/mol. The number of rotatable bonds is 4. The van der Waals surface area contributed by atoms with Gasteiger partial charge in [0.05, 0.1) is 11.4 Å². The number of carbonyl (C=O) groups excluding carboxylic acids is 3. The van der Waals surface area contributed by atoms with E-state index in [1.165, 1.54) is 11.3 Å². The van der Waals surface area contributed by atoms with Gasteiger partial charge in [-0.05, 0) is 41.8 Å². The fourth-order valence-electron chi connectivity index (χ4n) is 2.15. The molecular weight excluding hydrogens is 330 g/mol. The van der Waals surface area contributed by atoms with Crippen LogP contribution >= 0.6 is 23.1 Å². The van der Waals surface area contributed by atoms with Gasteiger partial charge >= 0.3 is 0 Å².